The molecule has 2 aromatic carbocycles. The Kier molecular flexibility index (Phi) is 3.68. The molecule has 110 valence electrons. The maximum atomic E-state index is 11.3. The van der Waals surface area contributed by atoms with Crippen LogP contribution in [0.25, 0.3) is 0 Å². The van der Waals surface area contributed by atoms with Crippen LogP contribution in [0.15, 0.2) is 42.5 Å². The zero-order valence-electron chi connectivity index (χ0n) is 12.3. The number of fused-ring (bicyclic) bond motifs is 1. The van der Waals surface area contributed by atoms with E-state index in [2.05, 4.69) is 13.0 Å². The second-order valence-corrected chi connectivity index (χ2v) is 6.14. The van der Waals surface area contributed by atoms with Crippen molar-refractivity contribution in [2.24, 2.45) is 0 Å². The number of halogens is 1. The van der Waals surface area contributed by atoms with Crippen molar-refractivity contribution >= 4 is 11.6 Å². The monoisotopic (exact) mass is 302 g/mol. The first-order chi connectivity index (χ1) is 10.1. The van der Waals surface area contributed by atoms with E-state index in [1.807, 2.05) is 30.3 Å². The first-order valence-corrected chi connectivity index (χ1v) is 7.60. The van der Waals surface area contributed by atoms with Gasteiger partial charge in [0.2, 0.25) is 0 Å². The lowest BCUT2D eigenvalue weighted by Gasteiger charge is -2.38. The lowest BCUT2D eigenvalue weighted by molar-refractivity contribution is 0.0577. The van der Waals surface area contributed by atoms with Gasteiger partial charge >= 0.3 is 0 Å². The number of methoxy groups -OCH3 is 1. The lowest BCUT2D eigenvalue weighted by atomic mass is 9.71. The molecule has 0 spiro atoms. The number of aliphatic hydroxyl groups is 1. The second-order valence-electron chi connectivity index (χ2n) is 5.74. The van der Waals surface area contributed by atoms with Gasteiger partial charge in [-0.15, -0.1) is 0 Å². The summed E-state index contributed by atoms with van der Waals surface area (Å²) in [4.78, 5) is 0. The molecular weight excluding hydrogens is 284 g/mol. The Balaban J connectivity index is 2.15. The molecule has 0 aliphatic heterocycles. The van der Waals surface area contributed by atoms with Crippen LogP contribution in [0.1, 0.15) is 42.4 Å². The second kappa shape index (κ2) is 5.36. The summed E-state index contributed by atoms with van der Waals surface area (Å²) in [5, 5.41) is 11.9. The van der Waals surface area contributed by atoms with E-state index in [9.17, 15) is 5.11 Å². The highest BCUT2D eigenvalue weighted by Gasteiger charge is 2.38. The van der Waals surface area contributed by atoms with Crippen molar-refractivity contribution in [3.05, 3.63) is 64.2 Å². The highest BCUT2D eigenvalue weighted by atomic mass is 35.5. The van der Waals surface area contributed by atoms with Crippen LogP contribution < -0.4 is 4.74 Å². The zero-order valence-corrected chi connectivity index (χ0v) is 13.0. The molecule has 3 heteroatoms. The van der Waals surface area contributed by atoms with E-state index < -0.39 is 5.60 Å². The van der Waals surface area contributed by atoms with Crippen molar-refractivity contribution in [2.45, 2.75) is 31.3 Å². The minimum absolute atomic E-state index is 0.468. The largest absolute Gasteiger partial charge is 0.495 e. The topological polar surface area (TPSA) is 29.5 Å². The number of hydrogen-bond donors (Lipinski definition) is 1. The SMILES string of the molecule is COc1cc(C2(O)CCC(C)c3ccccc32)ccc1Cl. The van der Waals surface area contributed by atoms with Crippen LogP contribution in [0.5, 0.6) is 5.75 Å². The molecule has 0 saturated heterocycles. The Morgan fingerprint density at radius 1 is 1.24 bits per heavy atom. The fourth-order valence-electron chi connectivity index (χ4n) is 3.24. The Labute approximate surface area is 130 Å². The van der Waals surface area contributed by atoms with Gasteiger partial charge in [0.1, 0.15) is 11.4 Å². The third-order valence-electron chi connectivity index (χ3n) is 4.51. The highest BCUT2D eigenvalue weighted by molar-refractivity contribution is 6.32. The van der Waals surface area contributed by atoms with Crippen LogP contribution in [0.3, 0.4) is 0 Å². The van der Waals surface area contributed by atoms with Gasteiger partial charge in [-0.2, -0.15) is 0 Å². The van der Waals surface area contributed by atoms with Gasteiger partial charge < -0.3 is 9.84 Å². The average molecular weight is 303 g/mol. The van der Waals surface area contributed by atoms with E-state index in [0.29, 0.717) is 23.1 Å². The average Bonchev–Trinajstić information content (AvgIpc) is 2.52. The molecule has 2 atom stereocenters. The molecule has 1 aliphatic rings. The summed E-state index contributed by atoms with van der Waals surface area (Å²) in [6.45, 7) is 2.21. The summed E-state index contributed by atoms with van der Waals surface area (Å²) in [5.41, 5.74) is 2.08. The summed E-state index contributed by atoms with van der Waals surface area (Å²) in [6, 6.07) is 13.7. The lowest BCUT2D eigenvalue weighted by Crippen LogP contribution is -2.32. The van der Waals surface area contributed by atoms with Crippen LogP contribution >= 0.6 is 11.6 Å². The van der Waals surface area contributed by atoms with Crippen molar-refractivity contribution in [3.63, 3.8) is 0 Å². The van der Waals surface area contributed by atoms with Gasteiger partial charge in [-0.05, 0) is 47.6 Å². The maximum Gasteiger partial charge on any atom is 0.137 e. The minimum Gasteiger partial charge on any atom is -0.495 e. The quantitative estimate of drug-likeness (QED) is 0.886. The molecule has 0 saturated carbocycles. The molecule has 0 heterocycles. The number of hydrogen-bond acceptors (Lipinski definition) is 2. The Morgan fingerprint density at radius 3 is 2.76 bits per heavy atom. The summed E-state index contributed by atoms with van der Waals surface area (Å²) >= 11 is 6.10. The summed E-state index contributed by atoms with van der Waals surface area (Å²) in [7, 11) is 1.59. The molecule has 3 rings (SSSR count). The Bertz CT molecular complexity index is 668. The molecular formula is C18H19ClO2. The first-order valence-electron chi connectivity index (χ1n) is 7.22. The molecule has 0 aromatic heterocycles. The van der Waals surface area contributed by atoms with E-state index in [1.165, 1.54) is 5.56 Å². The van der Waals surface area contributed by atoms with Crippen molar-refractivity contribution in [3.8, 4) is 5.75 Å². The maximum absolute atomic E-state index is 11.3. The fourth-order valence-corrected chi connectivity index (χ4v) is 3.43. The molecule has 2 unspecified atom stereocenters. The third-order valence-corrected chi connectivity index (χ3v) is 4.82. The van der Waals surface area contributed by atoms with Crippen molar-refractivity contribution in [1.29, 1.82) is 0 Å². The van der Waals surface area contributed by atoms with Crippen LogP contribution in [0.4, 0.5) is 0 Å². The summed E-state index contributed by atoms with van der Waals surface area (Å²) in [5.74, 6) is 1.06. The van der Waals surface area contributed by atoms with Crippen LogP contribution in [-0.4, -0.2) is 12.2 Å². The summed E-state index contributed by atoms with van der Waals surface area (Å²) < 4.78 is 5.29. The van der Waals surface area contributed by atoms with Gasteiger partial charge in [0.15, 0.2) is 0 Å². The third kappa shape index (κ3) is 2.33. The van der Waals surface area contributed by atoms with Crippen LogP contribution in [0, 0.1) is 0 Å². The predicted molar refractivity (Wildman–Crippen MR) is 85.1 cm³/mol. The van der Waals surface area contributed by atoms with Crippen molar-refractivity contribution in [1.82, 2.24) is 0 Å². The first kappa shape index (κ1) is 14.4. The van der Waals surface area contributed by atoms with Gasteiger partial charge in [-0.25, -0.2) is 0 Å². The predicted octanol–water partition coefficient (Wildman–Crippen LogP) is 4.48. The molecule has 2 nitrogen and oxygen atoms in total. The molecule has 1 aliphatic carbocycles. The van der Waals surface area contributed by atoms with Gasteiger partial charge in [-0.1, -0.05) is 48.9 Å². The van der Waals surface area contributed by atoms with Gasteiger partial charge in [0.25, 0.3) is 0 Å². The fraction of sp³-hybridized carbons (Fsp3) is 0.333. The standard InChI is InChI=1S/C18H19ClO2/c1-12-9-10-18(20,15-6-4-3-5-14(12)15)13-7-8-16(19)17(11-13)21-2/h3-8,11-12,20H,9-10H2,1-2H3. The molecule has 0 fully saturated rings. The molecule has 1 N–H and O–H groups in total. The molecule has 0 bridgehead atoms. The number of benzene rings is 2. The zero-order chi connectivity index (χ0) is 15.0. The van der Waals surface area contributed by atoms with E-state index >= 15 is 0 Å². The van der Waals surface area contributed by atoms with Crippen molar-refractivity contribution < 1.29 is 9.84 Å². The van der Waals surface area contributed by atoms with Gasteiger partial charge in [0.05, 0.1) is 12.1 Å². The van der Waals surface area contributed by atoms with Gasteiger partial charge in [-0.3, -0.25) is 0 Å². The molecule has 2 aromatic rings. The number of rotatable bonds is 2. The number of ether oxygens (including phenoxy) is 1. The minimum atomic E-state index is -0.971. The normalized spacial score (nSPS) is 24.5. The van der Waals surface area contributed by atoms with E-state index in [1.54, 1.807) is 13.2 Å². The van der Waals surface area contributed by atoms with E-state index in [0.717, 1.165) is 17.5 Å². The van der Waals surface area contributed by atoms with E-state index in [4.69, 9.17) is 16.3 Å². The Hall–Kier alpha value is -1.51. The van der Waals surface area contributed by atoms with Crippen LogP contribution in [0.2, 0.25) is 5.02 Å². The smallest absolute Gasteiger partial charge is 0.137 e. The van der Waals surface area contributed by atoms with Gasteiger partial charge in [0, 0.05) is 0 Å². The molecule has 21 heavy (non-hydrogen) atoms. The van der Waals surface area contributed by atoms with Crippen LogP contribution in [-0.2, 0) is 5.60 Å². The Morgan fingerprint density at radius 2 is 2.00 bits per heavy atom. The summed E-state index contributed by atoms with van der Waals surface area (Å²) in [6.07, 6.45) is 1.66. The molecule has 0 radical (unpaired) electrons. The van der Waals surface area contributed by atoms with E-state index in [-0.39, 0.29) is 0 Å². The molecule has 0 amide bonds. The highest BCUT2D eigenvalue weighted by Crippen LogP contribution is 2.46. The van der Waals surface area contributed by atoms with Crippen molar-refractivity contribution in [2.75, 3.05) is 7.11 Å².